The Kier molecular flexibility index (Phi) is 5.44. The van der Waals surface area contributed by atoms with Gasteiger partial charge in [0.1, 0.15) is 0 Å². The zero-order chi connectivity index (χ0) is 17.1. The molecule has 0 aromatic heterocycles. The second kappa shape index (κ2) is 7.56. The van der Waals surface area contributed by atoms with Gasteiger partial charge < -0.3 is 10.6 Å². The van der Waals surface area contributed by atoms with Crippen molar-refractivity contribution in [3.63, 3.8) is 0 Å². The molecular formula is C20H31N3O. The molecule has 1 aromatic carbocycles. The highest BCUT2D eigenvalue weighted by Crippen LogP contribution is 2.30. The van der Waals surface area contributed by atoms with Crippen molar-refractivity contribution in [1.29, 1.82) is 0 Å². The Morgan fingerprint density at radius 2 is 1.79 bits per heavy atom. The summed E-state index contributed by atoms with van der Waals surface area (Å²) in [7, 11) is 0. The standard InChI is InChI=1S/C20H31N3O/c1-15(2)23(19-4-3-5-19)14-16-10-12-22(13-11-16)18-8-6-17(7-9-18)20(21)24/h6-9,15-16,19H,3-5,10-14H2,1-2H3,(H2,21,24). The van der Waals surface area contributed by atoms with Crippen LogP contribution in [0.25, 0.3) is 0 Å². The molecule has 1 saturated carbocycles. The fraction of sp³-hybridized carbons (Fsp3) is 0.650. The minimum absolute atomic E-state index is 0.356. The molecule has 24 heavy (non-hydrogen) atoms. The number of nitrogens with zero attached hydrogens (tertiary/aromatic N) is 2. The van der Waals surface area contributed by atoms with Gasteiger partial charge in [0.2, 0.25) is 5.91 Å². The number of piperidine rings is 1. The van der Waals surface area contributed by atoms with E-state index in [4.69, 9.17) is 5.73 Å². The summed E-state index contributed by atoms with van der Waals surface area (Å²) in [4.78, 5) is 16.4. The average Bonchev–Trinajstić information content (AvgIpc) is 2.53. The number of hydrogen-bond donors (Lipinski definition) is 1. The average molecular weight is 329 g/mol. The topological polar surface area (TPSA) is 49.6 Å². The SMILES string of the molecule is CC(C)N(CC1CCN(c2ccc(C(N)=O)cc2)CC1)C1CCC1. The quantitative estimate of drug-likeness (QED) is 0.871. The Hall–Kier alpha value is -1.55. The minimum atomic E-state index is -0.356. The van der Waals surface area contributed by atoms with E-state index in [0.717, 1.165) is 25.0 Å². The van der Waals surface area contributed by atoms with Gasteiger partial charge in [-0.1, -0.05) is 6.42 Å². The smallest absolute Gasteiger partial charge is 0.248 e. The van der Waals surface area contributed by atoms with Gasteiger partial charge in [0, 0.05) is 43.0 Å². The molecule has 4 heteroatoms. The Morgan fingerprint density at radius 1 is 1.17 bits per heavy atom. The van der Waals surface area contributed by atoms with Crippen LogP contribution < -0.4 is 10.6 Å². The summed E-state index contributed by atoms with van der Waals surface area (Å²) >= 11 is 0. The lowest BCUT2D eigenvalue weighted by Gasteiger charge is -2.43. The lowest BCUT2D eigenvalue weighted by molar-refractivity contribution is 0.0713. The van der Waals surface area contributed by atoms with E-state index in [-0.39, 0.29) is 5.91 Å². The van der Waals surface area contributed by atoms with E-state index in [1.54, 1.807) is 0 Å². The van der Waals surface area contributed by atoms with Crippen molar-refractivity contribution >= 4 is 11.6 Å². The molecule has 1 aliphatic carbocycles. The molecule has 132 valence electrons. The lowest BCUT2D eigenvalue weighted by atomic mass is 9.88. The van der Waals surface area contributed by atoms with Gasteiger partial charge >= 0.3 is 0 Å². The molecule has 1 aliphatic heterocycles. The number of carbonyl (C=O) groups excluding carboxylic acids is 1. The van der Waals surface area contributed by atoms with Gasteiger partial charge in [-0.05, 0) is 69.7 Å². The molecule has 1 aromatic rings. The number of primary amides is 1. The monoisotopic (exact) mass is 329 g/mol. The van der Waals surface area contributed by atoms with Crippen LogP contribution in [0, 0.1) is 5.92 Å². The summed E-state index contributed by atoms with van der Waals surface area (Å²) in [5.41, 5.74) is 7.11. The zero-order valence-corrected chi connectivity index (χ0v) is 15.1. The van der Waals surface area contributed by atoms with Crippen LogP contribution in [0.15, 0.2) is 24.3 Å². The van der Waals surface area contributed by atoms with Gasteiger partial charge in [0.15, 0.2) is 0 Å². The van der Waals surface area contributed by atoms with E-state index in [1.165, 1.54) is 44.3 Å². The highest BCUT2D eigenvalue weighted by Gasteiger charge is 2.30. The minimum Gasteiger partial charge on any atom is -0.372 e. The molecule has 1 saturated heterocycles. The maximum absolute atomic E-state index is 11.2. The van der Waals surface area contributed by atoms with Gasteiger partial charge in [-0.2, -0.15) is 0 Å². The first-order valence-corrected chi connectivity index (χ1v) is 9.45. The largest absolute Gasteiger partial charge is 0.372 e. The number of hydrogen-bond acceptors (Lipinski definition) is 3. The maximum Gasteiger partial charge on any atom is 0.248 e. The molecule has 0 bridgehead atoms. The Bertz CT molecular complexity index is 543. The number of anilines is 1. The molecule has 0 radical (unpaired) electrons. The summed E-state index contributed by atoms with van der Waals surface area (Å²) in [6, 6.07) is 9.21. The fourth-order valence-corrected chi connectivity index (χ4v) is 4.01. The van der Waals surface area contributed by atoms with Crippen molar-refractivity contribution in [2.45, 2.75) is 58.0 Å². The van der Waals surface area contributed by atoms with E-state index in [0.29, 0.717) is 11.6 Å². The lowest BCUT2D eigenvalue weighted by Crippen LogP contribution is -2.48. The molecule has 2 fully saturated rings. The predicted molar refractivity (Wildman–Crippen MR) is 99.4 cm³/mol. The molecule has 4 nitrogen and oxygen atoms in total. The van der Waals surface area contributed by atoms with Crippen LogP contribution in [0.3, 0.4) is 0 Å². The number of benzene rings is 1. The van der Waals surface area contributed by atoms with Crippen molar-refractivity contribution in [3.05, 3.63) is 29.8 Å². The molecule has 1 amide bonds. The molecule has 2 N–H and O–H groups in total. The van der Waals surface area contributed by atoms with Gasteiger partial charge in [0.25, 0.3) is 0 Å². The second-order valence-electron chi connectivity index (χ2n) is 7.72. The first kappa shape index (κ1) is 17.3. The number of carbonyl (C=O) groups is 1. The molecular weight excluding hydrogens is 298 g/mol. The van der Waals surface area contributed by atoms with Crippen LogP contribution in [-0.2, 0) is 0 Å². The predicted octanol–water partition coefficient (Wildman–Crippen LogP) is 3.26. The van der Waals surface area contributed by atoms with Crippen molar-refractivity contribution in [3.8, 4) is 0 Å². The molecule has 0 atom stereocenters. The van der Waals surface area contributed by atoms with E-state index in [2.05, 4.69) is 23.6 Å². The van der Waals surface area contributed by atoms with Crippen LogP contribution in [0.4, 0.5) is 5.69 Å². The number of rotatable bonds is 6. The Morgan fingerprint density at radius 3 is 2.25 bits per heavy atom. The summed E-state index contributed by atoms with van der Waals surface area (Å²) < 4.78 is 0. The van der Waals surface area contributed by atoms with E-state index < -0.39 is 0 Å². The zero-order valence-electron chi connectivity index (χ0n) is 15.1. The third-order valence-corrected chi connectivity index (χ3v) is 5.81. The molecule has 1 heterocycles. The van der Waals surface area contributed by atoms with Gasteiger partial charge in [0.05, 0.1) is 0 Å². The van der Waals surface area contributed by atoms with Crippen LogP contribution in [0.5, 0.6) is 0 Å². The third-order valence-electron chi connectivity index (χ3n) is 5.81. The fourth-order valence-electron chi connectivity index (χ4n) is 4.01. The van der Waals surface area contributed by atoms with Crippen LogP contribution in [-0.4, -0.2) is 42.5 Å². The second-order valence-corrected chi connectivity index (χ2v) is 7.72. The van der Waals surface area contributed by atoms with E-state index >= 15 is 0 Å². The van der Waals surface area contributed by atoms with Gasteiger partial charge in [-0.3, -0.25) is 9.69 Å². The summed E-state index contributed by atoms with van der Waals surface area (Å²) in [5, 5.41) is 0. The number of nitrogens with two attached hydrogens (primary N) is 1. The first-order chi connectivity index (χ1) is 11.5. The first-order valence-electron chi connectivity index (χ1n) is 9.45. The highest BCUT2D eigenvalue weighted by atomic mass is 16.1. The Labute approximate surface area is 146 Å². The van der Waals surface area contributed by atoms with Crippen molar-refractivity contribution < 1.29 is 4.79 Å². The number of amides is 1. The van der Waals surface area contributed by atoms with Gasteiger partial charge in [-0.15, -0.1) is 0 Å². The van der Waals surface area contributed by atoms with Crippen molar-refractivity contribution in [2.75, 3.05) is 24.5 Å². The molecule has 0 unspecified atom stereocenters. The van der Waals surface area contributed by atoms with Crippen molar-refractivity contribution in [2.24, 2.45) is 11.7 Å². The Balaban J connectivity index is 1.52. The maximum atomic E-state index is 11.2. The summed E-state index contributed by atoms with van der Waals surface area (Å²) in [6.45, 7) is 8.16. The molecule has 2 aliphatic rings. The molecule has 3 rings (SSSR count). The third kappa shape index (κ3) is 3.92. The summed E-state index contributed by atoms with van der Waals surface area (Å²) in [5.74, 6) is 0.458. The summed E-state index contributed by atoms with van der Waals surface area (Å²) in [6.07, 6.45) is 6.71. The molecule has 0 spiro atoms. The van der Waals surface area contributed by atoms with Gasteiger partial charge in [-0.25, -0.2) is 0 Å². The van der Waals surface area contributed by atoms with E-state index in [1.807, 2.05) is 24.3 Å². The van der Waals surface area contributed by atoms with Crippen molar-refractivity contribution in [1.82, 2.24) is 4.90 Å². The van der Waals surface area contributed by atoms with Crippen LogP contribution >= 0.6 is 0 Å². The highest BCUT2D eigenvalue weighted by molar-refractivity contribution is 5.93. The van der Waals surface area contributed by atoms with Crippen LogP contribution in [0.2, 0.25) is 0 Å². The van der Waals surface area contributed by atoms with Crippen LogP contribution in [0.1, 0.15) is 56.3 Å². The van der Waals surface area contributed by atoms with E-state index in [9.17, 15) is 4.79 Å². The normalized spacial score (nSPS) is 19.8.